The second-order valence-electron chi connectivity index (χ2n) is 7.61. The van der Waals surface area contributed by atoms with Crippen molar-refractivity contribution < 1.29 is 4.79 Å². The number of benzene rings is 1. The number of amides is 1. The lowest BCUT2D eigenvalue weighted by Gasteiger charge is -2.39. The summed E-state index contributed by atoms with van der Waals surface area (Å²) in [5, 5.41) is 8.27. The Morgan fingerprint density at radius 1 is 1.23 bits per heavy atom. The first-order valence-corrected chi connectivity index (χ1v) is 9.80. The molecule has 5 nitrogen and oxygen atoms in total. The number of aryl methyl sites for hydroxylation is 2. The minimum Gasteiger partial charge on any atom is -0.343 e. The Kier molecular flexibility index (Phi) is 5.07. The van der Waals surface area contributed by atoms with Crippen LogP contribution < -0.4 is 0 Å². The van der Waals surface area contributed by atoms with Crippen LogP contribution >= 0.6 is 0 Å². The van der Waals surface area contributed by atoms with Gasteiger partial charge in [0.05, 0.1) is 11.7 Å². The summed E-state index contributed by atoms with van der Waals surface area (Å²) in [6.07, 6.45) is 11.2. The number of aromatic amines is 1. The number of likely N-dealkylation sites (tertiary alicyclic amines) is 1. The summed E-state index contributed by atoms with van der Waals surface area (Å²) < 4.78 is 0. The maximum absolute atomic E-state index is 12.6. The predicted molar refractivity (Wildman–Crippen MR) is 104 cm³/mol. The van der Waals surface area contributed by atoms with Crippen molar-refractivity contribution in [3.05, 3.63) is 41.6 Å². The number of H-pyrrole nitrogens is 1. The van der Waals surface area contributed by atoms with Crippen LogP contribution in [-0.2, 0) is 11.2 Å². The van der Waals surface area contributed by atoms with Crippen LogP contribution in [0.25, 0.3) is 10.9 Å². The average Bonchev–Trinajstić information content (AvgIpc) is 3.16. The fourth-order valence-electron chi connectivity index (χ4n) is 4.34. The van der Waals surface area contributed by atoms with E-state index in [-0.39, 0.29) is 0 Å². The van der Waals surface area contributed by atoms with Crippen LogP contribution in [0.2, 0.25) is 0 Å². The molecule has 5 heteroatoms. The van der Waals surface area contributed by atoms with Gasteiger partial charge in [0, 0.05) is 44.0 Å². The van der Waals surface area contributed by atoms with Crippen LogP contribution in [0.15, 0.2) is 30.5 Å². The largest absolute Gasteiger partial charge is 0.343 e. The van der Waals surface area contributed by atoms with Crippen LogP contribution in [0.1, 0.15) is 36.8 Å². The Hall–Kier alpha value is -2.14. The number of fused-ring (bicyclic) bond motifs is 1. The molecule has 2 aromatic rings. The third-order valence-corrected chi connectivity index (χ3v) is 5.86. The summed E-state index contributed by atoms with van der Waals surface area (Å²) in [7, 11) is 0. The molecule has 0 aliphatic carbocycles. The van der Waals surface area contributed by atoms with Crippen LogP contribution in [0.4, 0.5) is 0 Å². The molecule has 1 N–H and O–H groups in total. The van der Waals surface area contributed by atoms with Crippen molar-refractivity contribution in [2.45, 2.75) is 45.1 Å². The van der Waals surface area contributed by atoms with Crippen molar-refractivity contribution in [3.8, 4) is 0 Å². The molecule has 0 saturated carbocycles. The SMILES string of the molecule is Cc1cc(CCC(=O)N2CCC(N3CC=CCC3)CC2)cc2cn[nH]c12. The summed E-state index contributed by atoms with van der Waals surface area (Å²) >= 11 is 0. The Morgan fingerprint density at radius 3 is 2.85 bits per heavy atom. The standard InChI is InChI=1S/C21H28N4O/c1-16-13-17(14-18-15-22-23-21(16)18)5-6-20(26)25-11-7-19(8-12-25)24-9-3-2-4-10-24/h2-3,13-15,19H,4-12H2,1H3,(H,22,23). The highest BCUT2D eigenvalue weighted by Crippen LogP contribution is 2.21. The number of aromatic nitrogens is 2. The summed E-state index contributed by atoms with van der Waals surface area (Å²) in [5.41, 5.74) is 3.51. The molecule has 4 rings (SSSR count). The summed E-state index contributed by atoms with van der Waals surface area (Å²) in [4.78, 5) is 17.3. The van der Waals surface area contributed by atoms with E-state index in [0.29, 0.717) is 18.4 Å². The van der Waals surface area contributed by atoms with E-state index in [1.807, 2.05) is 6.20 Å². The van der Waals surface area contributed by atoms with E-state index in [9.17, 15) is 4.79 Å². The van der Waals surface area contributed by atoms with Crippen LogP contribution in [-0.4, -0.2) is 58.1 Å². The van der Waals surface area contributed by atoms with Crippen LogP contribution in [0.3, 0.4) is 0 Å². The molecule has 26 heavy (non-hydrogen) atoms. The summed E-state index contributed by atoms with van der Waals surface area (Å²) in [6, 6.07) is 4.97. The Morgan fingerprint density at radius 2 is 2.08 bits per heavy atom. The number of nitrogens with zero attached hydrogens (tertiary/aromatic N) is 3. The normalized spacial score (nSPS) is 19.3. The number of nitrogens with one attached hydrogen (secondary N) is 1. The van der Waals surface area contributed by atoms with E-state index >= 15 is 0 Å². The summed E-state index contributed by atoms with van der Waals surface area (Å²) in [6.45, 7) is 6.15. The van der Waals surface area contributed by atoms with Gasteiger partial charge in [-0.15, -0.1) is 0 Å². The third kappa shape index (κ3) is 3.68. The van der Waals surface area contributed by atoms with E-state index in [1.165, 1.54) is 24.1 Å². The van der Waals surface area contributed by atoms with Crippen molar-refractivity contribution >= 4 is 16.8 Å². The third-order valence-electron chi connectivity index (χ3n) is 5.86. The maximum Gasteiger partial charge on any atom is 0.222 e. The van der Waals surface area contributed by atoms with Crippen molar-refractivity contribution in [2.75, 3.05) is 26.2 Å². The highest BCUT2D eigenvalue weighted by atomic mass is 16.2. The Bertz CT molecular complexity index is 801. The van der Waals surface area contributed by atoms with Gasteiger partial charge in [0.1, 0.15) is 0 Å². The van der Waals surface area contributed by atoms with Gasteiger partial charge in [-0.2, -0.15) is 5.10 Å². The van der Waals surface area contributed by atoms with Gasteiger partial charge in [0.15, 0.2) is 0 Å². The lowest BCUT2D eigenvalue weighted by molar-refractivity contribution is -0.132. The first-order valence-electron chi connectivity index (χ1n) is 9.80. The zero-order valence-electron chi connectivity index (χ0n) is 15.6. The first-order chi connectivity index (χ1) is 12.7. The van der Waals surface area contributed by atoms with Crippen LogP contribution in [0, 0.1) is 6.92 Å². The Balaban J connectivity index is 1.29. The van der Waals surface area contributed by atoms with E-state index < -0.39 is 0 Å². The number of piperidine rings is 1. The van der Waals surface area contributed by atoms with Gasteiger partial charge >= 0.3 is 0 Å². The smallest absolute Gasteiger partial charge is 0.222 e. The second-order valence-corrected chi connectivity index (χ2v) is 7.61. The lowest BCUT2D eigenvalue weighted by Crippen LogP contribution is -2.47. The van der Waals surface area contributed by atoms with Gasteiger partial charge in [-0.1, -0.05) is 18.2 Å². The molecule has 0 spiro atoms. The van der Waals surface area contributed by atoms with Gasteiger partial charge in [0.2, 0.25) is 5.91 Å². The average molecular weight is 352 g/mol. The molecule has 0 bridgehead atoms. The highest BCUT2D eigenvalue weighted by molar-refractivity contribution is 5.82. The number of hydrogen-bond acceptors (Lipinski definition) is 3. The highest BCUT2D eigenvalue weighted by Gasteiger charge is 2.26. The van der Waals surface area contributed by atoms with Crippen molar-refractivity contribution in [1.82, 2.24) is 20.0 Å². The number of carbonyl (C=O) groups is 1. The zero-order valence-corrected chi connectivity index (χ0v) is 15.6. The molecule has 0 atom stereocenters. The number of rotatable bonds is 4. The molecule has 1 saturated heterocycles. The monoisotopic (exact) mass is 352 g/mol. The van der Waals surface area contributed by atoms with E-state index in [0.717, 1.165) is 49.8 Å². The van der Waals surface area contributed by atoms with Gasteiger partial charge in [-0.3, -0.25) is 14.8 Å². The maximum atomic E-state index is 12.6. The Labute approximate surface area is 155 Å². The number of hydrogen-bond donors (Lipinski definition) is 1. The van der Waals surface area contributed by atoms with Gasteiger partial charge < -0.3 is 4.90 Å². The molecular weight excluding hydrogens is 324 g/mol. The molecule has 3 heterocycles. The molecule has 2 aliphatic heterocycles. The molecule has 1 fully saturated rings. The van der Waals surface area contributed by atoms with Crippen molar-refractivity contribution in [1.29, 1.82) is 0 Å². The quantitative estimate of drug-likeness (QED) is 0.861. The topological polar surface area (TPSA) is 52.2 Å². The molecule has 1 aromatic heterocycles. The molecule has 0 unspecified atom stereocenters. The first kappa shape index (κ1) is 17.3. The van der Waals surface area contributed by atoms with Crippen molar-refractivity contribution in [3.63, 3.8) is 0 Å². The van der Waals surface area contributed by atoms with Gasteiger partial charge in [-0.05, 0) is 49.8 Å². The predicted octanol–water partition coefficient (Wildman–Crippen LogP) is 3.06. The van der Waals surface area contributed by atoms with Crippen LogP contribution in [0.5, 0.6) is 0 Å². The molecule has 1 amide bonds. The fraction of sp³-hybridized carbons (Fsp3) is 0.524. The molecule has 138 valence electrons. The van der Waals surface area contributed by atoms with E-state index in [4.69, 9.17) is 0 Å². The van der Waals surface area contributed by atoms with E-state index in [1.54, 1.807) is 0 Å². The fourth-order valence-corrected chi connectivity index (χ4v) is 4.34. The molecule has 1 aromatic carbocycles. The lowest BCUT2D eigenvalue weighted by atomic mass is 10.00. The minimum atomic E-state index is 0.298. The van der Waals surface area contributed by atoms with E-state index in [2.05, 4.69) is 51.2 Å². The molecular formula is C21H28N4O. The second kappa shape index (κ2) is 7.62. The van der Waals surface area contributed by atoms with Gasteiger partial charge in [0.25, 0.3) is 0 Å². The minimum absolute atomic E-state index is 0.298. The molecule has 0 radical (unpaired) electrons. The van der Waals surface area contributed by atoms with Gasteiger partial charge in [-0.25, -0.2) is 0 Å². The van der Waals surface area contributed by atoms with Crippen molar-refractivity contribution in [2.24, 2.45) is 0 Å². The molecule has 2 aliphatic rings. The number of carbonyl (C=O) groups excluding carboxylic acids is 1. The zero-order chi connectivity index (χ0) is 17.9. The summed E-state index contributed by atoms with van der Waals surface area (Å²) in [5.74, 6) is 0.298.